The Morgan fingerprint density at radius 3 is 1.17 bits per heavy atom. The molecule has 0 aliphatic rings. The zero-order valence-electron chi connectivity index (χ0n) is 8.44. The lowest BCUT2D eigenvalue weighted by atomic mass is 10.1. The van der Waals surface area contributed by atoms with Crippen LogP contribution in [0.3, 0.4) is 0 Å². The predicted octanol–water partition coefficient (Wildman–Crippen LogP) is 3.65. The van der Waals surface area contributed by atoms with Crippen molar-refractivity contribution in [3.8, 4) is 0 Å². The molecule has 0 atom stereocenters. The summed E-state index contributed by atoms with van der Waals surface area (Å²) >= 11 is 3.39. The fourth-order valence-electron chi connectivity index (χ4n) is 1.21. The normalized spacial score (nSPS) is 9.00. The Morgan fingerprint density at radius 2 is 0.917 bits per heavy atom. The van der Waals surface area contributed by atoms with Crippen molar-refractivity contribution in [2.24, 2.45) is 0 Å². The molecule has 0 aromatic rings. The van der Waals surface area contributed by atoms with Crippen LogP contribution in [-0.4, -0.2) is 0 Å². The van der Waals surface area contributed by atoms with Gasteiger partial charge in [-0.25, -0.2) is 11.9 Å². The first-order chi connectivity index (χ1) is 5.91. The average molecular weight is 194 g/mol. The van der Waals surface area contributed by atoms with Crippen molar-refractivity contribution in [3.63, 3.8) is 0 Å². The molecule has 1 nitrogen and oxygen atoms in total. The predicted molar refractivity (Wildman–Crippen MR) is 54.1 cm³/mol. The van der Waals surface area contributed by atoms with Gasteiger partial charge in [0.2, 0.25) is 0 Å². The van der Waals surface area contributed by atoms with Gasteiger partial charge in [-0.1, -0.05) is 65.2 Å². The Kier molecular flexibility index (Phi) is 21.4. The SMILES string of the molecule is CCCCCCCCCC.[O-]Cl. The summed E-state index contributed by atoms with van der Waals surface area (Å²) in [7, 11) is 0. The van der Waals surface area contributed by atoms with Gasteiger partial charge >= 0.3 is 0 Å². The van der Waals surface area contributed by atoms with Gasteiger partial charge in [-0.05, 0) is 0 Å². The third-order valence-corrected chi connectivity index (χ3v) is 1.96. The number of unbranched alkanes of at least 4 members (excludes halogenated alkanes) is 7. The van der Waals surface area contributed by atoms with Crippen molar-refractivity contribution in [1.29, 1.82) is 0 Å². The second-order valence-corrected chi connectivity index (χ2v) is 3.12. The third kappa shape index (κ3) is 16.7. The molecule has 0 saturated heterocycles. The standard InChI is InChI=1S/C10H22.ClO/c1-3-5-7-9-10-8-6-4-2;1-2/h3-10H2,1-2H3;/q;-1. The van der Waals surface area contributed by atoms with Crippen LogP contribution in [0.25, 0.3) is 0 Å². The van der Waals surface area contributed by atoms with Gasteiger partial charge in [0.25, 0.3) is 0 Å². The van der Waals surface area contributed by atoms with E-state index in [1.54, 1.807) is 0 Å². The number of hydrogen-bond donors (Lipinski definition) is 0. The van der Waals surface area contributed by atoms with Gasteiger partial charge in [0.05, 0.1) is 0 Å². The second kappa shape index (κ2) is 17.4. The number of rotatable bonds is 7. The Balaban J connectivity index is 0. The highest BCUT2D eigenvalue weighted by atomic mass is 35.5. The molecule has 0 aromatic heterocycles. The van der Waals surface area contributed by atoms with Crippen LogP contribution < -0.4 is 4.66 Å². The Labute approximate surface area is 82.3 Å². The Morgan fingerprint density at radius 1 is 0.667 bits per heavy atom. The average Bonchev–Trinajstić information content (AvgIpc) is 2.15. The van der Waals surface area contributed by atoms with Crippen LogP contribution in [0.15, 0.2) is 0 Å². The second-order valence-electron chi connectivity index (χ2n) is 3.12. The van der Waals surface area contributed by atoms with Crippen molar-refractivity contribution in [2.45, 2.75) is 65.2 Å². The smallest absolute Gasteiger partial charge is 0.0533 e. The maximum Gasteiger partial charge on any atom is -0.0533 e. The van der Waals surface area contributed by atoms with Crippen LogP contribution in [0.4, 0.5) is 0 Å². The van der Waals surface area contributed by atoms with E-state index in [9.17, 15) is 0 Å². The quantitative estimate of drug-likeness (QED) is 0.566. The summed E-state index contributed by atoms with van der Waals surface area (Å²) in [5, 5.41) is 0. The Hall–Kier alpha value is 0.250. The van der Waals surface area contributed by atoms with E-state index in [2.05, 4.69) is 25.7 Å². The molecule has 0 bridgehead atoms. The highest BCUT2D eigenvalue weighted by molar-refractivity contribution is 6.02. The van der Waals surface area contributed by atoms with Gasteiger partial charge < -0.3 is 4.66 Å². The van der Waals surface area contributed by atoms with Crippen LogP contribution in [-0.2, 0) is 0 Å². The fourth-order valence-corrected chi connectivity index (χ4v) is 1.21. The molecule has 0 spiro atoms. The van der Waals surface area contributed by atoms with E-state index in [1.165, 1.54) is 51.4 Å². The number of halogens is 1. The lowest BCUT2D eigenvalue weighted by molar-refractivity contribution is -0.166. The minimum absolute atomic E-state index is 1.37. The van der Waals surface area contributed by atoms with E-state index < -0.39 is 0 Å². The molecule has 0 unspecified atom stereocenters. The monoisotopic (exact) mass is 193 g/mol. The summed E-state index contributed by atoms with van der Waals surface area (Å²) in [5.74, 6) is 0. The van der Waals surface area contributed by atoms with Crippen molar-refractivity contribution >= 4 is 11.9 Å². The molecule has 0 rings (SSSR count). The molecule has 0 amide bonds. The fraction of sp³-hybridized carbons (Fsp3) is 1.00. The zero-order chi connectivity index (χ0) is 9.66. The molecule has 0 heterocycles. The molecule has 0 fully saturated rings. The third-order valence-electron chi connectivity index (χ3n) is 1.96. The van der Waals surface area contributed by atoms with Crippen LogP contribution >= 0.6 is 11.9 Å². The molecule has 2 heteroatoms. The van der Waals surface area contributed by atoms with Crippen LogP contribution in [0.5, 0.6) is 0 Å². The first kappa shape index (κ1) is 14.8. The topological polar surface area (TPSA) is 23.1 Å². The lowest BCUT2D eigenvalue weighted by Gasteiger charge is -1.97. The van der Waals surface area contributed by atoms with Crippen LogP contribution in [0.1, 0.15) is 65.2 Å². The first-order valence-corrected chi connectivity index (χ1v) is 5.38. The highest BCUT2D eigenvalue weighted by Crippen LogP contribution is 2.07. The molecule has 12 heavy (non-hydrogen) atoms. The molecule has 76 valence electrons. The molecular weight excluding hydrogens is 172 g/mol. The van der Waals surface area contributed by atoms with Crippen molar-refractivity contribution in [2.75, 3.05) is 0 Å². The van der Waals surface area contributed by atoms with E-state index in [0.29, 0.717) is 0 Å². The van der Waals surface area contributed by atoms with E-state index in [4.69, 9.17) is 4.66 Å². The van der Waals surface area contributed by atoms with Crippen LogP contribution in [0.2, 0.25) is 0 Å². The first-order valence-electron chi connectivity index (χ1n) is 5.07. The molecular formula is C10H22ClO-. The van der Waals surface area contributed by atoms with Gasteiger partial charge in [-0.2, -0.15) is 0 Å². The summed E-state index contributed by atoms with van der Waals surface area (Å²) in [6.45, 7) is 4.54. The van der Waals surface area contributed by atoms with Gasteiger partial charge in [0.1, 0.15) is 0 Å². The van der Waals surface area contributed by atoms with Gasteiger partial charge in [0.15, 0.2) is 0 Å². The minimum atomic E-state index is 1.37. The molecule has 0 saturated carbocycles. The van der Waals surface area contributed by atoms with E-state index in [-0.39, 0.29) is 0 Å². The van der Waals surface area contributed by atoms with E-state index >= 15 is 0 Å². The molecule has 0 radical (unpaired) electrons. The van der Waals surface area contributed by atoms with Crippen molar-refractivity contribution < 1.29 is 4.66 Å². The van der Waals surface area contributed by atoms with Gasteiger partial charge in [0, 0.05) is 0 Å². The van der Waals surface area contributed by atoms with E-state index in [1.807, 2.05) is 0 Å². The Bertz CT molecular complexity index is 49.8. The summed E-state index contributed by atoms with van der Waals surface area (Å²) in [6.07, 6.45) is 11.5. The molecule has 0 aromatic carbocycles. The van der Waals surface area contributed by atoms with Crippen molar-refractivity contribution in [1.82, 2.24) is 0 Å². The summed E-state index contributed by atoms with van der Waals surface area (Å²) in [5.41, 5.74) is 0. The zero-order valence-corrected chi connectivity index (χ0v) is 9.20. The molecule has 0 aliphatic heterocycles. The van der Waals surface area contributed by atoms with Gasteiger partial charge in [-0.15, -0.1) is 0 Å². The maximum absolute atomic E-state index is 7.72. The highest BCUT2D eigenvalue weighted by Gasteiger charge is 1.87. The lowest BCUT2D eigenvalue weighted by Crippen LogP contribution is -1.77. The van der Waals surface area contributed by atoms with Gasteiger partial charge in [-0.3, -0.25) is 0 Å². The minimum Gasteiger partial charge on any atom is -0.769 e. The number of hydrogen-bond acceptors (Lipinski definition) is 1. The molecule has 0 aliphatic carbocycles. The van der Waals surface area contributed by atoms with Crippen LogP contribution in [0, 0.1) is 0 Å². The summed E-state index contributed by atoms with van der Waals surface area (Å²) in [4.78, 5) is 0. The maximum atomic E-state index is 7.72. The largest absolute Gasteiger partial charge is 0.769 e. The summed E-state index contributed by atoms with van der Waals surface area (Å²) in [6, 6.07) is 0. The van der Waals surface area contributed by atoms with Crippen molar-refractivity contribution in [3.05, 3.63) is 0 Å². The van der Waals surface area contributed by atoms with E-state index in [0.717, 1.165) is 0 Å². The summed E-state index contributed by atoms with van der Waals surface area (Å²) < 4.78 is 7.72. The molecule has 0 N–H and O–H groups in total.